The Labute approximate surface area is 139 Å². The molecule has 0 spiro atoms. The van der Waals surface area contributed by atoms with Crippen molar-refractivity contribution in [2.45, 2.75) is 19.3 Å². The van der Waals surface area contributed by atoms with Gasteiger partial charge in [-0.05, 0) is 12.8 Å². The van der Waals surface area contributed by atoms with Gasteiger partial charge in [-0.1, -0.05) is 0 Å². The van der Waals surface area contributed by atoms with Gasteiger partial charge in [-0.25, -0.2) is 9.78 Å². The fourth-order valence-electron chi connectivity index (χ4n) is 3.54. The van der Waals surface area contributed by atoms with Gasteiger partial charge in [-0.15, -0.1) is 0 Å². The van der Waals surface area contributed by atoms with Gasteiger partial charge in [0.15, 0.2) is 5.65 Å². The van der Waals surface area contributed by atoms with E-state index in [0.29, 0.717) is 32.5 Å². The number of carbonyl (C=O) groups is 1. The molecule has 2 aromatic heterocycles. The fraction of sp³-hybridized carbons (Fsp3) is 0.562. The molecule has 4 rings (SSSR count). The first-order valence-electron chi connectivity index (χ1n) is 8.40. The van der Waals surface area contributed by atoms with Crippen LogP contribution in [0.25, 0.3) is 5.65 Å². The Bertz CT molecular complexity index is 751. The van der Waals surface area contributed by atoms with Crippen LogP contribution in [0.1, 0.15) is 17.7 Å². The molecule has 1 fully saturated rings. The summed E-state index contributed by atoms with van der Waals surface area (Å²) in [5.74, 6) is 1.05. The third-order valence-electron chi connectivity index (χ3n) is 4.73. The number of ether oxygens (including phenoxy) is 1. The Kier molecular flexibility index (Phi) is 3.97. The molecule has 8 nitrogen and oxygen atoms in total. The molecular formula is C16H21N5O3. The molecule has 4 heterocycles. The van der Waals surface area contributed by atoms with E-state index in [4.69, 9.17) is 9.72 Å². The van der Waals surface area contributed by atoms with Crippen LogP contribution >= 0.6 is 0 Å². The molecule has 0 aromatic carbocycles. The molecular weight excluding hydrogens is 310 g/mol. The molecule has 0 bridgehead atoms. The summed E-state index contributed by atoms with van der Waals surface area (Å²) >= 11 is 0. The standard InChI is InChI=1S/C16H21N5O3/c22-16(23)20-7-3-12-13(4-8-20)18-14-2-5-17-21(14)15(12)19-6-1-10-24-11-9-19/h2,5H,1,3-4,6-11H2,(H,22,23). The summed E-state index contributed by atoms with van der Waals surface area (Å²) in [6.07, 6.45) is 3.18. The summed E-state index contributed by atoms with van der Waals surface area (Å²) in [6.45, 7) is 4.18. The van der Waals surface area contributed by atoms with Crippen LogP contribution in [-0.2, 0) is 17.6 Å². The highest BCUT2D eigenvalue weighted by Crippen LogP contribution is 2.28. The lowest BCUT2D eigenvalue weighted by Crippen LogP contribution is -2.32. The van der Waals surface area contributed by atoms with Crippen molar-refractivity contribution >= 4 is 17.6 Å². The highest BCUT2D eigenvalue weighted by Gasteiger charge is 2.26. The van der Waals surface area contributed by atoms with Crippen LogP contribution in [-0.4, -0.2) is 70.1 Å². The van der Waals surface area contributed by atoms with E-state index in [1.54, 1.807) is 6.20 Å². The van der Waals surface area contributed by atoms with E-state index in [-0.39, 0.29) is 0 Å². The van der Waals surface area contributed by atoms with Gasteiger partial charge in [0, 0.05) is 50.8 Å². The Morgan fingerprint density at radius 3 is 2.92 bits per heavy atom. The van der Waals surface area contributed by atoms with Crippen molar-refractivity contribution in [1.29, 1.82) is 0 Å². The van der Waals surface area contributed by atoms with Gasteiger partial charge >= 0.3 is 6.09 Å². The highest BCUT2D eigenvalue weighted by molar-refractivity contribution is 5.66. The topological polar surface area (TPSA) is 83.2 Å². The lowest BCUT2D eigenvalue weighted by Gasteiger charge is -2.26. The van der Waals surface area contributed by atoms with E-state index >= 15 is 0 Å². The van der Waals surface area contributed by atoms with Crippen LogP contribution in [0.4, 0.5) is 10.6 Å². The van der Waals surface area contributed by atoms with E-state index in [1.165, 1.54) is 4.90 Å². The molecule has 0 unspecified atom stereocenters. The maximum Gasteiger partial charge on any atom is 0.407 e. The Hall–Kier alpha value is -2.35. The number of rotatable bonds is 1. The minimum atomic E-state index is -0.864. The van der Waals surface area contributed by atoms with Gasteiger partial charge in [-0.3, -0.25) is 0 Å². The zero-order valence-corrected chi connectivity index (χ0v) is 13.5. The number of carboxylic acid groups (broad SMARTS) is 1. The Balaban J connectivity index is 1.79. The summed E-state index contributed by atoms with van der Waals surface area (Å²) in [5, 5.41) is 13.8. The average molecular weight is 331 g/mol. The first-order valence-corrected chi connectivity index (χ1v) is 8.40. The zero-order chi connectivity index (χ0) is 16.5. The summed E-state index contributed by atoms with van der Waals surface area (Å²) in [6, 6.07) is 1.90. The number of hydrogen-bond acceptors (Lipinski definition) is 5. The Morgan fingerprint density at radius 1 is 1.17 bits per heavy atom. The molecule has 0 radical (unpaired) electrons. The minimum absolute atomic E-state index is 0.488. The largest absolute Gasteiger partial charge is 0.465 e. The molecule has 128 valence electrons. The van der Waals surface area contributed by atoms with E-state index in [0.717, 1.165) is 48.8 Å². The third kappa shape index (κ3) is 2.66. The fourth-order valence-corrected chi connectivity index (χ4v) is 3.54. The van der Waals surface area contributed by atoms with E-state index in [9.17, 15) is 9.90 Å². The second-order valence-electron chi connectivity index (χ2n) is 6.18. The molecule has 24 heavy (non-hydrogen) atoms. The van der Waals surface area contributed by atoms with Gasteiger partial charge in [0.2, 0.25) is 0 Å². The second kappa shape index (κ2) is 6.27. The van der Waals surface area contributed by atoms with Crippen molar-refractivity contribution < 1.29 is 14.6 Å². The van der Waals surface area contributed by atoms with Gasteiger partial charge in [0.25, 0.3) is 0 Å². The quantitative estimate of drug-likeness (QED) is 0.840. The molecule has 2 aliphatic rings. The molecule has 2 aromatic rings. The van der Waals surface area contributed by atoms with E-state index < -0.39 is 6.09 Å². The predicted molar refractivity (Wildman–Crippen MR) is 87.6 cm³/mol. The molecule has 0 saturated carbocycles. The van der Waals surface area contributed by atoms with Crippen LogP contribution in [0.5, 0.6) is 0 Å². The van der Waals surface area contributed by atoms with Crippen molar-refractivity contribution in [3.63, 3.8) is 0 Å². The van der Waals surface area contributed by atoms with Crippen molar-refractivity contribution in [3.05, 3.63) is 23.5 Å². The van der Waals surface area contributed by atoms with Gasteiger partial charge in [0.05, 0.1) is 18.5 Å². The number of aromatic nitrogens is 3. The summed E-state index contributed by atoms with van der Waals surface area (Å²) in [4.78, 5) is 19.8. The van der Waals surface area contributed by atoms with Gasteiger partial charge in [-0.2, -0.15) is 9.61 Å². The van der Waals surface area contributed by atoms with Crippen LogP contribution in [0.15, 0.2) is 12.3 Å². The number of fused-ring (bicyclic) bond motifs is 2. The minimum Gasteiger partial charge on any atom is -0.465 e. The second-order valence-corrected chi connectivity index (χ2v) is 6.18. The lowest BCUT2D eigenvalue weighted by atomic mass is 10.1. The van der Waals surface area contributed by atoms with Gasteiger partial charge < -0.3 is 19.6 Å². The van der Waals surface area contributed by atoms with Crippen molar-refractivity contribution in [1.82, 2.24) is 19.5 Å². The normalized spacial score (nSPS) is 19.0. The molecule has 0 aliphatic carbocycles. The Morgan fingerprint density at radius 2 is 2.04 bits per heavy atom. The number of hydrogen-bond donors (Lipinski definition) is 1. The summed E-state index contributed by atoms with van der Waals surface area (Å²) in [7, 11) is 0. The first kappa shape index (κ1) is 15.2. The zero-order valence-electron chi connectivity index (χ0n) is 13.5. The maximum absolute atomic E-state index is 11.3. The van der Waals surface area contributed by atoms with Crippen molar-refractivity contribution in [3.8, 4) is 0 Å². The molecule has 1 saturated heterocycles. The van der Waals surface area contributed by atoms with E-state index in [2.05, 4.69) is 10.00 Å². The smallest absolute Gasteiger partial charge is 0.407 e. The number of anilines is 1. The summed E-state index contributed by atoms with van der Waals surface area (Å²) < 4.78 is 7.47. The monoisotopic (exact) mass is 331 g/mol. The third-order valence-corrected chi connectivity index (χ3v) is 4.73. The molecule has 8 heteroatoms. The van der Waals surface area contributed by atoms with Gasteiger partial charge in [0.1, 0.15) is 5.82 Å². The number of nitrogens with zero attached hydrogens (tertiary/aromatic N) is 5. The van der Waals surface area contributed by atoms with Crippen LogP contribution in [0.3, 0.4) is 0 Å². The van der Waals surface area contributed by atoms with Crippen molar-refractivity contribution in [2.75, 3.05) is 44.3 Å². The SMILES string of the molecule is O=C(O)N1CCc2nc3ccnn3c(N3CCCOCC3)c2CC1. The van der Waals surface area contributed by atoms with Crippen molar-refractivity contribution in [2.24, 2.45) is 0 Å². The molecule has 1 N–H and O–H groups in total. The highest BCUT2D eigenvalue weighted by atomic mass is 16.5. The maximum atomic E-state index is 11.3. The van der Waals surface area contributed by atoms with Crippen LogP contribution < -0.4 is 4.90 Å². The molecule has 1 amide bonds. The summed E-state index contributed by atoms with van der Waals surface area (Å²) in [5.41, 5.74) is 2.93. The molecule has 2 aliphatic heterocycles. The first-order chi connectivity index (χ1) is 11.7. The predicted octanol–water partition coefficient (Wildman–Crippen LogP) is 1.03. The molecule has 0 atom stereocenters. The average Bonchev–Trinajstić information content (AvgIpc) is 2.76. The van der Waals surface area contributed by atoms with Crippen LogP contribution in [0, 0.1) is 0 Å². The number of amides is 1. The van der Waals surface area contributed by atoms with E-state index in [1.807, 2.05) is 10.6 Å². The van der Waals surface area contributed by atoms with Crippen LogP contribution in [0.2, 0.25) is 0 Å². The lowest BCUT2D eigenvalue weighted by molar-refractivity contribution is 0.147.